The zero-order chi connectivity index (χ0) is 19.9. The summed E-state index contributed by atoms with van der Waals surface area (Å²) in [5.41, 5.74) is 0.980. The fraction of sp³-hybridized carbons (Fsp3) is 0.350. The molecule has 0 spiro atoms. The second-order valence-corrected chi connectivity index (χ2v) is 8.35. The minimum absolute atomic E-state index is 0.108. The standard InChI is InChI=1S/C20H26N2O4S/c1-16(17-11-13-18(26-3)14-12-17)21-20(23)10-7-15-22(2)27(24,25)19-8-5-4-6-9-19/h4-6,8-9,11-14,16H,7,10,15H2,1-3H3,(H,21,23)/t16-/m1/s1. The summed E-state index contributed by atoms with van der Waals surface area (Å²) in [5, 5.41) is 2.93. The van der Waals surface area contributed by atoms with Gasteiger partial charge in [0.05, 0.1) is 18.0 Å². The van der Waals surface area contributed by atoms with Crippen LogP contribution in [0.1, 0.15) is 31.4 Å². The number of benzene rings is 2. The highest BCUT2D eigenvalue weighted by Gasteiger charge is 2.20. The summed E-state index contributed by atoms with van der Waals surface area (Å²) in [5.74, 6) is 0.656. The fourth-order valence-corrected chi connectivity index (χ4v) is 3.87. The van der Waals surface area contributed by atoms with Gasteiger partial charge in [-0.3, -0.25) is 4.79 Å². The van der Waals surface area contributed by atoms with E-state index < -0.39 is 10.0 Å². The maximum absolute atomic E-state index is 12.4. The van der Waals surface area contributed by atoms with Crippen LogP contribution in [-0.4, -0.2) is 39.3 Å². The molecular weight excluding hydrogens is 364 g/mol. The van der Waals surface area contributed by atoms with E-state index >= 15 is 0 Å². The lowest BCUT2D eigenvalue weighted by atomic mass is 10.1. The van der Waals surface area contributed by atoms with Crippen LogP contribution in [0, 0.1) is 0 Å². The Morgan fingerprint density at radius 1 is 1.11 bits per heavy atom. The fourth-order valence-electron chi connectivity index (χ4n) is 2.64. The van der Waals surface area contributed by atoms with Crippen molar-refractivity contribution in [3.8, 4) is 5.75 Å². The largest absolute Gasteiger partial charge is 0.497 e. The normalized spacial score (nSPS) is 12.6. The summed E-state index contributed by atoms with van der Waals surface area (Å²) >= 11 is 0. The van der Waals surface area contributed by atoms with Gasteiger partial charge in [0.25, 0.3) is 0 Å². The van der Waals surface area contributed by atoms with Crippen LogP contribution < -0.4 is 10.1 Å². The second-order valence-electron chi connectivity index (χ2n) is 6.31. The number of nitrogens with one attached hydrogen (secondary N) is 1. The van der Waals surface area contributed by atoms with Crippen LogP contribution in [0.4, 0.5) is 0 Å². The average Bonchev–Trinajstić information content (AvgIpc) is 2.68. The van der Waals surface area contributed by atoms with E-state index in [0.29, 0.717) is 6.42 Å². The van der Waals surface area contributed by atoms with Crippen LogP contribution in [0.3, 0.4) is 0 Å². The Kier molecular flexibility index (Phi) is 7.38. The molecule has 0 saturated heterocycles. The van der Waals surface area contributed by atoms with Gasteiger partial charge in [0.2, 0.25) is 15.9 Å². The van der Waals surface area contributed by atoms with Crippen molar-refractivity contribution in [2.24, 2.45) is 0 Å². The molecule has 2 rings (SSSR count). The molecule has 0 aliphatic heterocycles. The molecule has 1 atom stereocenters. The van der Waals surface area contributed by atoms with Crippen LogP contribution in [0.25, 0.3) is 0 Å². The number of rotatable bonds is 9. The van der Waals surface area contributed by atoms with Gasteiger partial charge in [-0.1, -0.05) is 30.3 Å². The van der Waals surface area contributed by atoms with E-state index in [1.54, 1.807) is 37.4 Å². The number of ether oxygens (including phenoxy) is 1. The van der Waals surface area contributed by atoms with E-state index in [0.717, 1.165) is 11.3 Å². The Labute approximate surface area is 161 Å². The number of hydrogen-bond acceptors (Lipinski definition) is 4. The number of nitrogens with zero attached hydrogens (tertiary/aromatic N) is 1. The lowest BCUT2D eigenvalue weighted by Gasteiger charge is -2.18. The molecule has 2 aromatic carbocycles. The quantitative estimate of drug-likeness (QED) is 0.714. The topological polar surface area (TPSA) is 75.7 Å². The molecule has 1 N–H and O–H groups in total. The monoisotopic (exact) mass is 390 g/mol. The molecule has 27 heavy (non-hydrogen) atoms. The molecule has 0 heterocycles. The van der Waals surface area contributed by atoms with Gasteiger partial charge < -0.3 is 10.1 Å². The zero-order valence-corrected chi connectivity index (χ0v) is 16.7. The van der Waals surface area contributed by atoms with Crippen molar-refractivity contribution in [2.75, 3.05) is 20.7 Å². The van der Waals surface area contributed by atoms with Gasteiger partial charge in [0.15, 0.2) is 0 Å². The van der Waals surface area contributed by atoms with Gasteiger partial charge in [0, 0.05) is 20.0 Å². The van der Waals surface area contributed by atoms with Crippen molar-refractivity contribution in [3.05, 3.63) is 60.2 Å². The number of amides is 1. The van der Waals surface area contributed by atoms with Crippen LogP contribution >= 0.6 is 0 Å². The number of carbonyl (C=O) groups excluding carboxylic acids is 1. The van der Waals surface area contributed by atoms with Crippen molar-refractivity contribution in [1.29, 1.82) is 0 Å². The predicted molar refractivity (Wildman–Crippen MR) is 105 cm³/mol. The van der Waals surface area contributed by atoms with Crippen molar-refractivity contribution in [3.63, 3.8) is 0 Å². The van der Waals surface area contributed by atoms with Gasteiger partial charge in [-0.25, -0.2) is 12.7 Å². The molecule has 2 aromatic rings. The van der Waals surface area contributed by atoms with Crippen molar-refractivity contribution in [1.82, 2.24) is 9.62 Å². The van der Waals surface area contributed by atoms with E-state index in [1.807, 2.05) is 31.2 Å². The molecule has 0 bridgehead atoms. The molecule has 0 radical (unpaired) electrons. The van der Waals surface area contributed by atoms with Crippen LogP contribution in [0.15, 0.2) is 59.5 Å². The highest BCUT2D eigenvalue weighted by Crippen LogP contribution is 2.18. The van der Waals surface area contributed by atoms with E-state index in [9.17, 15) is 13.2 Å². The third kappa shape index (κ3) is 5.80. The summed E-state index contributed by atoms with van der Waals surface area (Å²) in [6.07, 6.45) is 0.707. The van der Waals surface area contributed by atoms with Gasteiger partial charge in [0.1, 0.15) is 5.75 Å². The molecule has 0 aromatic heterocycles. The Morgan fingerprint density at radius 3 is 2.33 bits per heavy atom. The summed E-state index contributed by atoms with van der Waals surface area (Å²) in [4.78, 5) is 12.4. The molecule has 7 heteroatoms. The molecule has 6 nitrogen and oxygen atoms in total. The Morgan fingerprint density at radius 2 is 1.74 bits per heavy atom. The highest BCUT2D eigenvalue weighted by atomic mass is 32.2. The third-order valence-corrected chi connectivity index (χ3v) is 6.19. The van der Waals surface area contributed by atoms with Crippen molar-refractivity contribution >= 4 is 15.9 Å². The summed E-state index contributed by atoms with van der Waals surface area (Å²) < 4.78 is 31.3. The molecule has 0 unspecified atom stereocenters. The lowest BCUT2D eigenvalue weighted by Crippen LogP contribution is -2.30. The summed E-state index contributed by atoms with van der Waals surface area (Å²) in [7, 11) is -0.385. The number of hydrogen-bond donors (Lipinski definition) is 1. The maximum atomic E-state index is 12.4. The van der Waals surface area contributed by atoms with E-state index in [1.165, 1.54) is 11.4 Å². The number of methoxy groups -OCH3 is 1. The molecule has 0 aliphatic carbocycles. The zero-order valence-electron chi connectivity index (χ0n) is 15.9. The molecule has 146 valence electrons. The van der Waals surface area contributed by atoms with Gasteiger partial charge in [-0.05, 0) is 43.2 Å². The molecule has 1 amide bonds. The lowest BCUT2D eigenvalue weighted by molar-refractivity contribution is -0.121. The van der Waals surface area contributed by atoms with Gasteiger partial charge in [-0.2, -0.15) is 0 Å². The van der Waals surface area contributed by atoms with Crippen LogP contribution in [-0.2, 0) is 14.8 Å². The van der Waals surface area contributed by atoms with Gasteiger partial charge in [-0.15, -0.1) is 0 Å². The van der Waals surface area contributed by atoms with Crippen LogP contribution in [0.5, 0.6) is 5.75 Å². The van der Waals surface area contributed by atoms with Crippen molar-refractivity contribution < 1.29 is 17.9 Å². The molecule has 0 fully saturated rings. The van der Waals surface area contributed by atoms with Crippen molar-refractivity contribution in [2.45, 2.75) is 30.7 Å². The summed E-state index contributed by atoms with van der Waals surface area (Å²) in [6, 6.07) is 15.7. The minimum Gasteiger partial charge on any atom is -0.497 e. The first-order chi connectivity index (χ1) is 12.8. The van der Waals surface area contributed by atoms with E-state index in [2.05, 4.69) is 5.32 Å². The highest BCUT2D eigenvalue weighted by molar-refractivity contribution is 7.89. The Hall–Kier alpha value is -2.38. The SMILES string of the molecule is COc1ccc([C@@H](C)NC(=O)CCCN(C)S(=O)(=O)c2ccccc2)cc1. The molecular formula is C20H26N2O4S. The first kappa shape index (κ1) is 20.9. The smallest absolute Gasteiger partial charge is 0.242 e. The predicted octanol–water partition coefficient (Wildman–Crippen LogP) is 2.97. The first-order valence-electron chi connectivity index (χ1n) is 8.79. The van der Waals surface area contributed by atoms with E-state index in [4.69, 9.17) is 4.74 Å². The number of carbonyl (C=O) groups is 1. The minimum atomic E-state index is -3.52. The maximum Gasteiger partial charge on any atom is 0.242 e. The molecule has 0 saturated carbocycles. The Bertz CT molecular complexity index is 836. The first-order valence-corrected chi connectivity index (χ1v) is 10.2. The van der Waals surface area contributed by atoms with Gasteiger partial charge >= 0.3 is 0 Å². The Balaban J connectivity index is 1.81. The third-order valence-electron chi connectivity index (χ3n) is 4.32. The number of sulfonamides is 1. The molecule has 0 aliphatic rings. The summed E-state index contributed by atoms with van der Waals surface area (Å²) in [6.45, 7) is 2.19. The van der Waals surface area contributed by atoms with Crippen LogP contribution in [0.2, 0.25) is 0 Å². The average molecular weight is 391 g/mol. The van der Waals surface area contributed by atoms with E-state index in [-0.39, 0.29) is 29.8 Å². The second kappa shape index (κ2) is 9.53.